The zero-order chi connectivity index (χ0) is 20.1. The van der Waals surface area contributed by atoms with Gasteiger partial charge in [-0.3, -0.25) is 14.5 Å². The maximum absolute atomic E-state index is 13.8. The number of anilines is 1. The van der Waals surface area contributed by atoms with Crippen LogP contribution < -0.4 is 10.2 Å². The predicted octanol–water partition coefficient (Wildman–Crippen LogP) is 1.56. The summed E-state index contributed by atoms with van der Waals surface area (Å²) in [7, 11) is 1.80. The molecule has 1 N–H and O–H groups in total. The normalized spacial score (nSPS) is 15.3. The van der Waals surface area contributed by atoms with E-state index in [-0.39, 0.29) is 31.0 Å². The van der Waals surface area contributed by atoms with Crippen LogP contribution in [0.25, 0.3) is 0 Å². The van der Waals surface area contributed by atoms with Crippen molar-refractivity contribution in [2.24, 2.45) is 12.0 Å². The second kappa shape index (κ2) is 8.81. The first-order chi connectivity index (χ1) is 13.5. The van der Waals surface area contributed by atoms with E-state index in [0.29, 0.717) is 25.6 Å². The van der Waals surface area contributed by atoms with Crippen molar-refractivity contribution in [3.8, 4) is 0 Å². The van der Waals surface area contributed by atoms with Crippen LogP contribution in [0.5, 0.6) is 0 Å². The molecule has 0 spiro atoms. The van der Waals surface area contributed by atoms with Crippen molar-refractivity contribution in [2.75, 3.05) is 37.6 Å². The van der Waals surface area contributed by atoms with Crippen molar-refractivity contribution >= 4 is 17.6 Å². The Bertz CT molecular complexity index is 846. The number of carbonyl (C=O) groups is 1. The summed E-state index contributed by atoms with van der Waals surface area (Å²) in [6, 6.07) is 3.82. The van der Waals surface area contributed by atoms with E-state index in [1.54, 1.807) is 29.0 Å². The highest BCUT2D eigenvalue weighted by Crippen LogP contribution is 2.16. The Kier molecular flexibility index (Phi) is 6.23. The zero-order valence-corrected chi connectivity index (χ0v) is 16.0. The molecule has 150 valence electrons. The number of aromatic nitrogens is 2. The molecule has 1 aliphatic heterocycles. The van der Waals surface area contributed by atoms with Gasteiger partial charge < -0.3 is 15.1 Å². The Balaban J connectivity index is 1.65. The largest absolute Gasteiger partial charge is 0.357 e. The van der Waals surface area contributed by atoms with Gasteiger partial charge in [0.2, 0.25) is 5.91 Å². The molecule has 1 aliphatic rings. The van der Waals surface area contributed by atoms with E-state index in [2.05, 4.69) is 15.4 Å². The van der Waals surface area contributed by atoms with E-state index in [9.17, 15) is 13.6 Å². The van der Waals surface area contributed by atoms with Gasteiger partial charge in [-0.05, 0) is 25.5 Å². The van der Waals surface area contributed by atoms with Crippen LogP contribution in [0.4, 0.5) is 14.5 Å². The first-order valence-electron chi connectivity index (χ1n) is 9.24. The third kappa shape index (κ3) is 4.47. The SMILES string of the molecule is CCNC(=NCCc1c(F)cccc1F)N1CCN(c2cnn(C)c2)C(=O)C1. The van der Waals surface area contributed by atoms with Crippen LogP contribution >= 0.6 is 0 Å². The molecule has 1 saturated heterocycles. The number of aliphatic imine (C=N–C) groups is 1. The number of aryl methyl sites for hydroxylation is 1. The van der Waals surface area contributed by atoms with Crippen LogP contribution in [0, 0.1) is 11.6 Å². The molecule has 1 amide bonds. The second-order valence-electron chi connectivity index (χ2n) is 6.53. The third-order valence-electron chi connectivity index (χ3n) is 4.54. The summed E-state index contributed by atoms with van der Waals surface area (Å²) in [4.78, 5) is 20.6. The van der Waals surface area contributed by atoms with Gasteiger partial charge in [-0.2, -0.15) is 5.10 Å². The molecule has 7 nitrogen and oxygen atoms in total. The van der Waals surface area contributed by atoms with Gasteiger partial charge in [0, 0.05) is 45.0 Å². The summed E-state index contributed by atoms with van der Waals surface area (Å²) < 4.78 is 29.2. The van der Waals surface area contributed by atoms with Crippen LogP contribution in [0.2, 0.25) is 0 Å². The maximum atomic E-state index is 13.8. The Labute approximate surface area is 162 Å². The van der Waals surface area contributed by atoms with Crippen molar-refractivity contribution in [1.29, 1.82) is 0 Å². The number of hydrogen-bond donors (Lipinski definition) is 1. The smallest absolute Gasteiger partial charge is 0.246 e. The molecule has 9 heteroatoms. The quantitative estimate of drug-likeness (QED) is 0.622. The second-order valence-corrected chi connectivity index (χ2v) is 6.53. The summed E-state index contributed by atoms with van der Waals surface area (Å²) >= 11 is 0. The Morgan fingerprint density at radius 1 is 1.29 bits per heavy atom. The topological polar surface area (TPSA) is 65.8 Å². The average Bonchev–Trinajstić information content (AvgIpc) is 3.09. The Morgan fingerprint density at radius 3 is 2.64 bits per heavy atom. The first kappa shape index (κ1) is 19.8. The molecule has 0 atom stereocenters. The van der Waals surface area contributed by atoms with Gasteiger partial charge in [-0.1, -0.05) is 6.07 Å². The predicted molar refractivity (Wildman–Crippen MR) is 103 cm³/mol. The van der Waals surface area contributed by atoms with Crippen LogP contribution in [0.3, 0.4) is 0 Å². The highest BCUT2D eigenvalue weighted by atomic mass is 19.1. The summed E-state index contributed by atoms with van der Waals surface area (Å²) in [6.07, 6.45) is 3.61. The van der Waals surface area contributed by atoms with Gasteiger partial charge in [0.05, 0.1) is 11.9 Å². The third-order valence-corrected chi connectivity index (χ3v) is 4.54. The fourth-order valence-electron chi connectivity index (χ4n) is 3.15. The van der Waals surface area contributed by atoms with Crippen molar-refractivity contribution in [3.05, 3.63) is 47.8 Å². The number of nitrogens with zero attached hydrogens (tertiary/aromatic N) is 5. The molecule has 1 aromatic carbocycles. The number of benzene rings is 1. The minimum atomic E-state index is -0.569. The maximum Gasteiger partial charge on any atom is 0.246 e. The van der Waals surface area contributed by atoms with E-state index in [1.807, 2.05) is 11.8 Å². The summed E-state index contributed by atoms with van der Waals surface area (Å²) in [5.41, 5.74) is 0.795. The number of amides is 1. The van der Waals surface area contributed by atoms with Crippen molar-refractivity contribution in [3.63, 3.8) is 0 Å². The van der Waals surface area contributed by atoms with Gasteiger partial charge in [0.25, 0.3) is 0 Å². The number of nitrogens with one attached hydrogen (secondary N) is 1. The van der Waals surface area contributed by atoms with Gasteiger partial charge in [0.15, 0.2) is 5.96 Å². The van der Waals surface area contributed by atoms with Gasteiger partial charge >= 0.3 is 0 Å². The minimum Gasteiger partial charge on any atom is -0.357 e. The van der Waals surface area contributed by atoms with Crippen molar-refractivity contribution in [2.45, 2.75) is 13.3 Å². The molecular weight excluding hydrogens is 366 g/mol. The van der Waals surface area contributed by atoms with Crippen LogP contribution in [-0.4, -0.2) is 59.3 Å². The van der Waals surface area contributed by atoms with Gasteiger partial charge in [-0.15, -0.1) is 0 Å². The van der Waals surface area contributed by atoms with Crippen molar-refractivity contribution in [1.82, 2.24) is 20.0 Å². The number of halogens is 2. The summed E-state index contributed by atoms with van der Waals surface area (Å²) in [6.45, 7) is 4.06. The van der Waals surface area contributed by atoms with Gasteiger partial charge in [0.1, 0.15) is 18.2 Å². The fourth-order valence-corrected chi connectivity index (χ4v) is 3.15. The number of rotatable bonds is 5. The van der Waals surface area contributed by atoms with E-state index >= 15 is 0 Å². The highest BCUT2D eigenvalue weighted by molar-refractivity contribution is 5.98. The summed E-state index contributed by atoms with van der Waals surface area (Å²) in [5.74, 6) is -0.621. The highest BCUT2D eigenvalue weighted by Gasteiger charge is 2.27. The molecule has 1 aromatic heterocycles. The molecular formula is C19H24F2N6O. The molecule has 0 unspecified atom stereocenters. The zero-order valence-electron chi connectivity index (χ0n) is 16.0. The number of guanidine groups is 1. The summed E-state index contributed by atoms with van der Waals surface area (Å²) in [5, 5.41) is 7.25. The molecule has 1 fully saturated rings. The lowest BCUT2D eigenvalue weighted by Gasteiger charge is -2.35. The van der Waals surface area contributed by atoms with Crippen LogP contribution in [0.15, 0.2) is 35.6 Å². The van der Waals surface area contributed by atoms with E-state index in [0.717, 1.165) is 5.69 Å². The van der Waals surface area contributed by atoms with E-state index < -0.39 is 11.6 Å². The van der Waals surface area contributed by atoms with E-state index in [4.69, 9.17) is 0 Å². The number of carbonyl (C=O) groups excluding carboxylic acids is 1. The number of hydrogen-bond acceptors (Lipinski definition) is 3. The van der Waals surface area contributed by atoms with Gasteiger partial charge in [-0.25, -0.2) is 8.78 Å². The lowest BCUT2D eigenvalue weighted by molar-refractivity contribution is -0.120. The molecule has 2 heterocycles. The average molecular weight is 390 g/mol. The Hall–Kier alpha value is -2.97. The van der Waals surface area contributed by atoms with Crippen molar-refractivity contribution < 1.29 is 13.6 Å². The molecule has 0 bridgehead atoms. The molecule has 0 aliphatic carbocycles. The minimum absolute atomic E-state index is 0.0274. The Morgan fingerprint density at radius 2 is 2.04 bits per heavy atom. The fraction of sp³-hybridized carbons (Fsp3) is 0.421. The molecule has 2 aromatic rings. The standard InChI is InChI=1S/C19H24F2N6O/c1-3-22-19(23-8-7-15-16(20)5-4-6-17(15)21)26-9-10-27(18(28)13-26)14-11-24-25(2)12-14/h4-6,11-12H,3,7-10,13H2,1-2H3,(H,22,23). The number of piperazine rings is 1. The van der Waals surface area contributed by atoms with E-state index in [1.165, 1.54) is 18.2 Å². The van der Waals surface area contributed by atoms with Crippen LogP contribution in [0.1, 0.15) is 12.5 Å². The van der Waals surface area contributed by atoms with Crippen LogP contribution in [-0.2, 0) is 18.3 Å². The molecule has 28 heavy (non-hydrogen) atoms. The lowest BCUT2D eigenvalue weighted by atomic mass is 10.1. The lowest BCUT2D eigenvalue weighted by Crippen LogP contribution is -2.55. The molecule has 0 saturated carbocycles. The monoisotopic (exact) mass is 390 g/mol. The molecule has 0 radical (unpaired) electrons. The first-order valence-corrected chi connectivity index (χ1v) is 9.24. The molecule has 3 rings (SSSR count).